The fourth-order valence-electron chi connectivity index (χ4n) is 4.98. The summed E-state index contributed by atoms with van der Waals surface area (Å²) in [6.45, 7) is 5.24. The summed E-state index contributed by atoms with van der Waals surface area (Å²) in [6.07, 6.45) is 4.95. The second kappa shape index (κ2) is 10.4. The Hall–Kier alpha value is -3.55. The van der Waals surface area contributed by atoms with Crippen molar-refractivity contribution < 1.29 is 18.3 Å². The molecular weight excluding hydrogens is 484 g/mol. The minimum atomic E-state index is -3.29. The van der Waals surface area contributed by atoms with Gasteiger partial charge in [-0.05, 0) is 91.4 Å². The molecule has 4 aromatic carbocycles. The molecule has 4 aromatic rings. The maximum atomic E-state index is 11.9. The molecule has 0 bridgehead atoms. The van der Waals surface area contributed by atoms with Gasteiger partial charge in [-0.3, -0.25) is 0 Å². The summed E-state index contributed by atoms with van der Waals surface area (Å²) < 4.78 is 30.4. The third-order valence-corrected chi connectivity index (χ3v) is 8.00. The van der Waals surface area contributed by atoms with Crippen molar-refractivity contribution in [2.24, 2.45) is 0 Å². The molecule has 0 saturated carbocycles. The molecule has 1 saturated heterocycles. The average molecular weight is 517 g/mol. The van der Waals surface area contributed by atoms with E-state index in [-0.39, 0.29) is 10.6 Å². The van der Waals surface area contributed by atoms with Crippen LogP contribution in [0.5, 0.6) is 17.2 Å². The number of phenols is 1. The second-order valence-corrected chi connectivity index (χ2v) is 11.5. The average Bonchev–Trinajstić information content (AvgIpc) is 2.90. The number of sulfone groups is 1. The van der Waals surface area contributed by atoms with Gasteiger partial charge in [0.1, 0.15) is 17.2 Å². The van der Waals surface area contributed by atoms with E-state index < -0.39 is 9.84 Å². The third-order valence-electron chi connectivity index (χ3n) is 6.88. The molecule has 0 radical (unpaired) electrons. The Kier molecular flexibility index (Phi) is 7.09. The number of piperidine rings is 1. The van der Waals surface area contributed by atoms with Gasteiger partial charge in [-0.1, -0.05) is 24.6 Å². The Morgan fingerprint density at radius 2 is 1.59 bits per heavy atom. The lowest BCUT2D eigenvalue weighted by Gasteiger charge is -2.38. The van der Waals surface area contributed by atoms with Crippen LogP contribution in [0.1, 0.15) is 26.2 Å². The summed E-state index contributed by atoms with van der Waals surface area (Å²) >= 11 is 0. The minimum absolute atomic E-state index is 0.186. The molecule has 0 spiro atoms. The van der Waals surface area contributed by atoms with Crippen LogP contribution in [0.4, 0.5) is 5.69 Å². The van der Waals surface area contributed by atoms with Crippen LogP contribution >= 0.6 is 0 Å². The van der Waals surface area contributed by atoms with E-state index >= 15 is 0 Å². The van der Waals surface area contributed by atoms with Gasteiger partial charge in [0.15, 0.2) is 9.84 Å². The van der Waals surface area contributed by atoms with Gasteiger partial charge in [-0.15, -0.1) is 0 Å². The smallest absolute Gasteiger partial charge is 0.175 e. The van der Waals surface area contributed by atoms with E-state index in [1.807, 2.05) is 30.3 Å². The van der Waals surface area contributed by atoms with Gasteiger partial charge < -0.3 is 14.9 Å². The Morgan fingerprint density at radius 1 is 0.892 bits per heavy atom. The first-order chi connectivity index (χ1) is 17.8. The van der Waals surface area contributed by atoms with Crippen LogP contribution in [0, 0.1) is 0 Å². The maximum absolute atomic E-state index is 11.9. The molecule has 0 aromatic heterocycles. The zero-order valence-corrected chi connectivity index (χ0v) is 22.0. The first kappa shape index (κ1) is 25.1. The fourth-order valence-corrected chi connectivity index (χ4v) is 5.61. The number of phenolic OH excluding ortho intramolecular Hbond substituents is 1. The van der Waals surface area contributed by atoms with Crippen LogP contribution in [0.15, 0.2) is 83.8 Å². The van der Waals surface area contributed by atoms with Crippen molar-refractivity contribution >= 4 is 26.3 Å². The van der Waals surface area contributed by atoms with Crippen molar-refractivity contribution in [2.75, 3.05) is 30.9 Å². The topological polar surface area (TPSA) is 70.1 Å². The maximum Gasteiger partial charge on any atom is 0.175 e. The Bertz CT molecular complexity index is 1490. The van der Waals surface area contributed by atoms with Gasteiger partial charge in [-0.25, -0.2) is 13.4 Å². The predicted molar refractivity (Wildman–Crippen MR) is 149 cm³/mol. The molecule has 0 unspecified atom stereocenters. The first-order valence-corrected chi connectivity index (χ1v) is 14.6. The molecule has 5 rings (SSSR count). The molecule has 1 fully saturated rings. The summed E-state index contributed by atoms with van der Waals surface area (Å²) in [5, 5.41) is 16.5. The van der Waals surface area contributed by atoms with Crippen LogP contribution in [0.2, 0.25) is 0 Å². The number of anilines is 1. The number of hydrogen-bond donors (Lipinski definition) is 1. The van der Waals surface area contributed by atoms with E-state index in [1.165, 1.54) is 25.5 Å². The number of fused-ring (bicyclic) bond motifs is 1. The summed E-state index contributed by atoms with van der Waals surface area (Å²) in [5.41, 5.74) is 2.82. The molecule has 7 heteroatoms. The monoisotopic (exact) mass is 516 g/mol. The van der Waals surface area contributed by atoms with E-state index in [0.29, 0.717) is 11.5 Å². The van der Waals surface area contributed by atoms with E-state index in [0.717, 1.165) is 47.2 Å². The lowest BCUT2D eigenvalue weighted by Crippen LogP contribution is -2.45. The highest BCUT2D eigenvalue weighted by atomic mass is 32.2. The van der Waals surface area contributed by atoms with E-state index in [1.54, 1.807) is 36.4 Å². The molecule has 1 heterocycles. The largest absolute Gasteiger partial charge is 0.508 e. The molecule has 6 nitrogen and oxygen atoms in total. The standard InChI is InChI=1S/C30H32N2O4S/c1-3-32(31-19-5-4-6-20-31)24-10-13-26(14-11-24)36-30-28(17-9-23-21-25(33)12-18-29(23)30)22-7-15-27(16-8-22)37(2,34)35/h7-18,21,33H,3-6,19-20H2,1-2H3. The van der Waals surface area contributed by atoms with Crippen LogP contribution in [-0.2, 0) is 9.84 Å². The van der Waals surface area contributed by atoms with Crippen molar-refractivity contribution in [1.82, 2.24) is 5.01 Å². The van der Waals surface area contributed by atoms with Crippen molar-refractivity contribution in [3.63, 3.8) is 0 Å². The highest BCUT2D eigenvalue weighted by Gasteiger charge is 2.18. The Morgan fingerprint density at radius 3 is 2.24 bits per heavy atom. The number of hydrogen-bond acceptors (Lipinski definition) is 6. The first-order valence-electron chi connectivity index (χ1n) is 12.7. The number of rotatable bonds is 7. The molecule has 0 amide bonds. The Labute approximate surface area is 218 Å². The van der Waals surface area contributed by atoms with Gasteiger partial charge in [-0.2, -0.15) is 0 Å². The lowest BCUT2D eigenvalue weighted by atomic mass is 9.99. The summed E-state index contributed by atoms with van der Waals surface area (Å²) in [7, 11) is -3.29. The van der Waals surface area contributed by atoms with E-state index in [2.05, 4.69) is 29.1 Å². The van der Waals surface area contributed by atoms with Gasteiger partial charge >= 0.3 is 0 Å². The van der Waals surface area contributed by atoms with Crippen molar-refractivity contribution in [3.05, 3.63) is 78.9 Å². The van der Waals surface area contributed by atoms with Gasteiger partial charge in [0.2, 0.25) is 0 Å². The van der Waals surface area contributed by atoms with Crippen molar-refractivity contribution in [2.45, 2.75) is 31.1 Å². The number of aromatic hydroxyl groups is 1. The normalized spacial score (nSPS) is 14.5. The molecule has 192 valence electrons. The summed E-state index contributed by atoms with van der Waals surface area (Å²) in [6, 6.07) is 24.0. The molecule has 1 aliphatic rings. The summed E-state index contributed by atoms with van der Waals surface area (Å²) in [5.74, 6) is 1.54. The molecule has 1 N–H and O–H groups in total. The SMILES string of the molecule is CCN(c1ccc(Oc2c(-c3ccc(S(C)(=O)=O)cc3)ccc3cc(O)ccc23)cc1)N1CCCCC1. The number of nitrogens with zero attached hydrogens (tertiary/aromatic N) is 2. The molecule has 37 heavy (non-hydrogen) atoms. The highest BCUT2D eigenvalue weighted by molar-refractivity contribution is 7.90. The number of hydrazine groups is 1. The van der Waals surface area contributed by atoms with Crippen LogP contribution in [0.3, 0.4) is 0 Å². The predicted octanol–water partition coefficient (Wildman–Crippen LogP) is 6.64. The number of benzene rings is 4. The fraction of sp³-hybridized carbons (Fsp3) is 0.267. The zero-order chi connectivity index (χ0) is 26.0. The minimum Gasteiger partial charge on any atom is -0.508 e. The quantitative estimate of drug-likeness (QED) is 0.297. The molecule has 0 aliphatic carbocycles. The number of ether oxygens (including phenoxy) is 1. The lowest BCUT2D eigenvalue weighted by molar-refractivity contribution is 0.210. The highest BCUT2D eigenvalue weighted by Crippen LogP contribution is 2.41. The third kappa shape index (κ3) is 5.43. The summed E-state index contributed by atoms with van der Waals surface area (Å²) in [4.78, 5) is 0.272. The van der Waals surface area contributed by atoms with Crippen LogP contribution in [-0.4, -0.2) is 44.4 Å². The molecule has 1 aliphatic heterocycles. The van der Waals surface area contributed by atoms with Gasteiger partial charge in [0.25, 0.3) is 0 Å². The Balaban J connectivity index is 1.51. The van der Waals surface area contributed by atoms with Crippen LogP contribution in [0.25, 0.3) is 21.9 Å². The van der Waals surface area contributed by atoms with Crippen molar-refractivity contribution in [3.8, 4) is 28.4 Å². The molecule has 0 atom stereocenters. The zero-order valence-electron chi connectivity index (χ0n) is 21.2. The van der Waals surface area contributed by atoms with E-state index in [9.17, 15) is 13.5 Å². The van der Waals surface area contributed by atoms with Gasteiger partial charge in [0, 0.05) is 36.8 Å². The van der Waals surface area contributed by atoms with Crippen LogP contribution < -0.4 is 9.75 Å². The van der Waals surface area contributed by atoms with Gasteiger partial charge in [0.05, 0.1) is 10.6 Å². The van der Waals surface area contributed by atoms with E-state index in [4.69, 9.17) is 4.74 Å². The van der Waals surface area contributed by atoms with Crippen molar-refractivity contribution in [1.29, 1.82) is 0 Å². The second-order valence-electron chi connectivity index (χ2n) is 9.47. The molecular formula is C30H32N2O4S.